The van der Waals surface area contributed by atoms with E-state index in [-0.39, 0.29) is 0 Å². The highest BCUT2D eigenvalue weighted by Crippen LogP contribution is 2.22. The van der Waals surface area contributed by atoms with Crippen LogP contribution in [0.15, 0.2) is 12.3 Å². The Morgan fingerprint density at radius 3 is 3.20 bits per heavy atom. The van der Waals surface area contributed by atoms with Crippen molar-refractivity contribution in [1.29, 1.82) is 0 Å². The van der Waals surface area contributed by atoms with Crippen LogP contribution in [-0.2, 0) is 6.54 Å². The molecule has 2 heterocycles. The predicted octanol–water partition coefficient (Wildman–Crippen LogP) is 1.99. The van der Waals surface area contributed by atoms with Crippen molar-refractivity contribution in [2.24, 2.45) is 0 Å². The number of hydrogen-bond donors (Lipinski definition) is 0. The summed E-state index contributed by atoms with van der Waals surface area (Å²) in [5.74, 6) is 0.827. The Hall–Kier alpha value is -1.09. The maximum absolute atomic E-state index is 5.66. The number of hydrogen-bond acceptors (Lipinski definition) is 3. The highest BCUT2D eigenvalue weighted by molar-refractivity contribution is 5.33. The molecule has 3 nitrogen and oxygen atoms in total. The zero-order valence-electron chi connectivity index (χ0n) is 9.49. The van der Waals surface area contributed by atoms with Gasteiger partial charge in [0.2, 0.25) is 5.88 Å². The highest BCUT2D eigenvalue weighted by Gasteiger charge is 2.15. The lowest BCUT2D eigenvalue weighted by Gasteiger charge is -2.25. The molecule has 0 spiro atoms. The quantitative estimate of drug-likeness (QED) is 0.702. The van der Waals surface area contributed by atoms with Crippen molar-refractivity contribution in [1.82, 2.24) is 9.88 Å². The van der Waals surface area contributed by atoms with E-state index in [9.17, 15) is 0 Å². The maximum atomic E-state index is 5.66. The predicted molar refractivity (Wildman–Crippen MR) is 60.0 cm³/mol. The molecule has 1 aliphatic rings. The Labute approximate surface area is 91.1 Å². The average molecular weight is 206 g/mol. The third kappa shape index (κ3) is 2.29. The number of fused-ring (bicyclic) bond motifs is 1. The van der Waals surface area contributed by atoms with Crippen LogP contribution in [0.5, 0.6) is 5.88 Å². The normalized spacial score (nSPS) is 17.5. The molecule has 0 amide bonds. The zero-order chi connectivity index (χ0) is 10.7. The molecule has 0 saturated carbocycles. The second-order valence-corrected chi connectivity index (χ2v) is 3.98. The first-order valence-corrected chi connectivity index (χ1v) is 5.61. The summed E-state index contributed by atoms with van der Waals surface area (Å²) >= 11 is 0. The summed E-state index contributed by atoms with van der Waals surface area (Å²) in [5, 5.41) is 0. The number of ether oxygens (including phenoxy) is 1. The van der Waals surface area contributed by atoms with Crippen molar-refractivity contribution in [3.05, 3.63) is 23.4 Å². The van der Waals surface area contributed by atoms with Crippen LogP contribution in [0.4, 0.5) is 0 Å². The minimum atomic E-state index is 0.778. The molecule has 0 N–H and O–H groups in total. The van der Waals surface area contributed by atoms with Gasteiger partial charge in [-0.25, -0.2) is 4.98 Å². The van der Waals surface area contributed by atoms with Crippen LogP contribution in [0.25, 0.3) is 0 Å². The smallest absolute Gasteiger partial charge is 0.218 e. The van der Waals surface area contributed by atoms with Crippen molar-refractivity contribution < 1.29 is 4.74 Å². The number of pyridine rings is 1. The Morgan fingerprint density at radius 1 is 1.53 bits per heavy atom. The molecule has 0 aromatic carbocycles. The van der Waals surface area contributed by atoms with Crippen molar-refractivity contribution in [2.45, 2.75) is 26.8 Å². The van der Waals surface area contributed by atoms with Gasteiger partial charge in [0.05, 0.1) is 6.61 Å². The summed E-state index contributed by atoms with van der Waals surface area (Å²) in [4.78, 5) is 6.74. The van der Waals surface area contributed by atoms with Crippen molar-refractivity contribution in [3.8, 4) is 5.88 Å². The molecule has 1 aliphatic heterocycles. The second kappa shape index (κ2) is 4.62. The molecular formula is C12H18N2O. The van der Waals surface area contributed by atoms with Gasteiger partial charge in [-0.3, -0.25) is 4.90 Å². The molecule has 0 saturated heterocycles. The van der Waals surface area contributed by atoms with Gasteiger partial charge in [0.25, 0.3) is 0 Å². The molecule has 1 aromatic heterocycles. The summed E-state index contributed by atoms with van der Waals surface area (Å²) in [7, 11) is 0. The van der Waals surface area contributed by atoms with Gasteiger partial charge < -0.3 is 4.74 Å². The van der Waals surface area contributed by atoms with E-state index in [1.807, 2.05) is 6.20 Å². The summed E-state index contributed by atoms with van der Waals surface area (Å²) in [6, 6.07) is 2.05. The number of nitrogens with zero attached hydrogens (tertiary/aromatic N) is 2. The average Bonchev–Trinajstić information content (AvgIpc) is 2.21. The first-order chi connectivity index (χ1) is 7.31. The molecule has 0 radical (unpaired) electrons. The maximum Gasteiger partial charge on any atom is 0.218 e. The molecule has 82 valence electrons. The molecule has 1 aromatic rings. The molecule has 3 heteroatoms. The molecule has 0 atom stereocenters. The van der Waals surface area contributed by atoms with E-state index >= 15 is 0 Å². The van der Waals surface area contributed by atoms with E-state index in [2.05, 4.69) is 29.8 Å². The summed E-state index contributed by atoms with van der Waals surface area (Å²) < 4.78 is 5.66. The third-order valence-corrected chi connectivity index (χ3v) is 2.94. The summed E-state index contributed by atoms with van der Waals surface area (Å²) in [5.41, 5.74) is 2.53. The first kappa shape index (κ1) is 10.4. The van der Waals surface area contributed by atoms with Crippen LogP contribution in [-0.4, -0.2) is 29.6 Å². The second-order valence-electron chi connectivity index (χ2n) is 3.98. The monoisotopic (exact) mass is 206 g/mol. The Kier molecular flexibility index (Phi) is 3.21. The van der Waals surface area contributed by atoms with Crippen LogP contribution in [0.1, 0.15) is 24.5 Å². The van der Waals surface area contributed by atoms with Crippen molar-refractivity contribution in [3.63, 3.8) is 0 Å². The fourth-order valence-corrected chi connectivity index (χ4v) is 1.91. The molecular weight excluding hydrogens is 188 g/mol. The minimum absolute atomic E-state index is 0.778. The Balaban J connectivity index is 2.30. The van der Waals surface area contributed by atoms with Crippen LogP contribution in [0, 0.1) is 6.92 Å². The molecule has 2 rings (SSSR count). The summed E-state index contributed by atoms with van der Waals surface area (Å²) in [6.45, 7) is 8.27. The molecule has 0 fully saturated rings. The van der Waals surface area contributed by atoms with Gasteiger partial charge in [0.1, 0.15) is 0 Å². The topological polar surface area (TPSA) is 25.4 Å². The molecule has 0 bridgehead atoms. The van der Waals surface area contributed by atoms with E-state index in [1.165, 1.54) is 11.1 Å². The lowest BCUT2D eigenvalue weighted by atomic mass is 10.1. The minimum Gasteiger partial charge on any atom is -0.477 e. The first-order valence-electron chi connectivity index (χ1n) is 5.61. The SMILES string of the molecule is CCN1CCCOc2nccc(C)c2C1. The standard InChI is InChI=1S/C12H18N2O/c1-3-14-7-4-8-15-12-11(9-14)10(2)5-6-13-12/h5-6H,3-4,7-9H2,1-2H3. The largest absolute Gasteiger partial charge is 0.477 e. The molecule has 0 unspecified atom stereocenters. The zero-order valence-corrected chi connectivity index (χ0v) is 9.49. The number of aromatic nitrogens is 1. The van der Waals surface area contributed by atoms with Crippen molar-refractivity contribution in [2.75, 3.05) is 19.7 Å². The summed E-state index contributed by atoms with van der Waals surface area (Å²) in [6.07, 6.45) is 2.91. The fraction of sp³-hybridized carbons (Fsp3) is 0.583. The van der Waals surface area contributed by atoms with Crippen LogP contribution >= 0.6 is 0 Å². The highest BCUT2D eigenvalue weighted by atomic mass is 16.5. The van der Waals surface area contributed by atoms with Gasteiger partial charge in [-0.05, 0) is 31.5 Å². The van der Waals surface area contributed by atoms with Crippen molar-refractivity contribution >= 4 is 0 Å². The van der Waals surface area contributed by atoms with E-state index in [4.69, 9.17) is 4.74 Å². The van der Waals surface area contributed by atoms with Crippen LogP contribution in [0.3, 0.4) is 0 Å². The fourth-order valence-electron chi connectivity index (χ4n) is 1.91. The Morgan fingerprint density at radius 2 is 2.40 bits per heavy atom. The van der Waals surface area contributed by atoms with Gasteiger partial charge >= 0.3 is 0 Å². The number of rotatable bonds is 1. The molecule has 15 heavy (non-hydrogen) atoms. The van der Waals surface area contributed by atoms with E-state index < -0.39 is 0 Å². The van der Waals surface area contributed by atoms with Crippen LogP contribution in [0.2, 0.25) is 0 Å². The number of aryl methyl sites for hydroxylation is 1. The van der Waals surface area contributed by atoms with Crippen LogP contribution < -0.4 is 4.74 Å². The lowest BCUT2D eigenvalue weighted by Crippen LogP contribution is -2.28. The van der Waals surface area contributed by atoms with Gasteiger partial charge in [0.15, 0.2) is 0 Å². The van der Waals surface area contributed by atoms with E-state index in [0.29, 0.717) is 0 Å². The third-order valence-electron chi connectivity index (χ3n) is 2.94. The van der Waals surface area contributed by atoms with E-state index in [1.54, 1.807) is 0 Å². The van der Waals surface area contributed by atoms with Gasteiger partial charge in [-0.15, -0.1) is 0 Å². The van der Waals surface area contributed by atoms with E-state index in [0.717, 1.165) is 38.5 Å². The Bertz CT molecular complexity index is 338. The van der Waals surface area contributed by atoms with Gasteiger partial charge in [-0.1, -0.05) is 6.92 Å². The lowest BCUT2D eigenvalue weighted by molar-refractivity contribution is 0.207. The van der Waals surface area contributed by atoms with Gasteiger partial charge in [0, 0.05) is 24.8 Å². The van der Waals surface area contributed by atoms with Gasteiger partial charge in [-0.2, -0.15) is 0 Å². The molecule has 0 aliphatic carbocycles.